The summed E-state index contributed by atoms with van der Waals surface area (Å²) in [4.78, 5) is 16.3. The standard InChI is InChI=1S/C14H11ClN4O/c1-8-3-2-4-11(17-8)14(20)18-13-5-9-7-16-19-12(9)6-10(13)15/h2-7H,1H3,(H,16,19)(H,18,20). The molecule has 5 nitrogen and oxygen atoms in total. The van der Waals surface area contributed by atoms with E-state index < -0.39 is 0 Å². The van der Waals surface area contributed by atoms with Gasteiger partial charge in [-0.05, 0) is 31.2 Å². The van der Waals surface area contributed by atoms with Crippen LogP contribution in [0.3, 0.4) is 0 Å². The fraction of sp³-hybridized carbons (Fsp3) is 0.0714. The predicted octanol–water partition coefficient (Wildman–Crippen LogP) is 3.17. The highest BCUT2D eigenvalue weighted by Crippen LogP contribution is 2.27. The summed E-state index contributed by atoms with van der Waals surface area (Å²) in [5.74, 6) is -0.293. The summed E-state index contributed by atoms with van der Waals surface area (Å²) in [5.41, 5.74) is 2.50. The second-order valence-electron chi connectivity index (χ2n) is 4.41. The van der Waals surface area contributed by atoms with E-state index >= 15 is 0 Å². The number of rotatable bonds is 2. The van der Waals surface area contributed by atoms with E-state index in [0.29, 0.717) is 16.4 Å². The summed E-state index contributed by atoms with van der Waals surface area (Å²) in [7, 11) is 0. The third-order valence-corrected chi connectivity index (χ3v) is 3.21. The molecular formula is C14H11ClN4O. The maximum absolute atomic E-state index is 12.1. The number of nitrogens with one attached hydrogen (secondary N) is 2. The number of aromatic nitrogens is 3. The molecule has 1 amide bonds. The molecule has 3 rings (SSSR count). The van der Waals surface area contributed by atoms with Crippen molar-refractivity contribution in [2.45, 2.75) is 6.92 Å². The van der Waals surface area contributed by atoms with Crippen molar-refractivity contribution in [2.24, 2.45) is 0 Å². The van der Waals surface area contributed by atoms with Gasteiger partial charge in [0.05, 0.1) is 22.4 Å². The molecule has 0 saturated heterocycles. The van der Waals surface area contributed by atoms with Crippen molar-refractivity contribution in [3.63, 3.8) is 0 Å². The highest BCUT2D eigenvalue weighted by Gasteiger charge is 2.11. The van der Waals surface area contributed by atoms with Crippen LogP contribution in [0.5, 0.6) is 0 Å². The molecule has 0 aliphatic carbocycles. The third kappa shape index (κ3) is 2.35. The number of nitrogens with zero attached hydrogens (tertiary/aromatic N) is 2. The molecule has 0 fully saturated rings. The molecule has 20 heavy (non-hydrogen) atoms. The van der Waals surface area contributed by atoms with Gasteiger partial charge in [0.2, 0.25) is 0 Å². The minimum atomic E-state index is -0.293. The van der Waals surface area contributed by atoms with Crippen LogP contribution in [0.4, 0.5) is 5.69 Å². The number of carbonyl (C=O) groups excluding carboxylic acids is 1. The number of hydrogen-bond donors (Lipinski definition) is 2. The van der Waals surface area contributed by atoms with Crippen molar-refractivity contribution in [1.82, 2.24) is 15.2 Å². The first-order valence-corrected chi connectivity index (χ1v) is 6.39. The Labute approximate surface area is 120 Å². The van der Waals surface area contributed by atoms with Crippen molar-refractivity contribution in [2.75, 3.05) is 5.32 Å². The minimum absolute atomic E-state index is 0.293. The number of hydrogen-bond acceptors (Lipinski definition) is 3. The van der Waals surface area contributed by atoms with Crippen LogP contribution >= 0.6 is 11.6 Å². The number of H-pyrrole nitrogens is 1. The average Bonchev–Trinajstić information content (AvgIpc) is 2.86. The number of pyridine rings is 1. The van der Waals surface area contributed by atoms with E-state index in [1.807, 2.05) is 13.0 Å². The Bertz CT molecular complexity index is 797. The van der Waals surface area contributed by atoms with Gasteiger partial charge in [0.1, 0.15) is 5.69 Å². The van der Waals surface area contributed by atoms with Crippen LogP contribution in [0.1, 0.15) is 16.2 Å². The van der Waals surface area contributed by atoms with E-state index in [4.69, 9.17) is 11.6 Å². The Hall–Kier alpha value is -2.40. The lowest BCUT2D eigenvalue weighted by atomic mass is 10.2. The molecule has 2 heterocycles. The molecule has 3 aromatic rings. The number of fused-ring (bicyclic) bond motifs is 1. The van der Waals surface area contributed by atoms with Crippen molar-refractivity contribution < 1.29 is 4.79 Å². The number of halogens is 1. The Balaban J connectivity index is 1.92. The molecule has 2 aromatic heterocycles. The number of anilines is 1. The molecule has 1 aromatic carbocycles. The summed E-state index contributed by atoms with van der Waals surface area (Å²) < 4.78 is 0. The van der Waals surface area contributed by atoms with E-state index in [-0.39, 0.29) is 5.91 Å². The van der Waals surface area contributed by atoms with Gasteiger partial charge in [-0.15, -0.1) is 0 Å². The van der Waals surface area contributed by atoms with E-state index in [2.05, 4.69) is 20.5 Å². The van der Waals surface area contributed by atoms with Crippen molar-refractivity contribution in [3.8, 4) is 0 Å². The molecule has 0 radical (unpaired) electrons. The van der Waals surface area contributed by atoms with Gasteiger partial charge >= 0.3 is 0 Å². The first-order valence-electron chi connectivity index (χ1n) is 6.01. The SMILES string of the molecule is Cc1cccc(C(=O)Nc2cc3cn[nH]c3cc2Cl)n1. The van der Waals surface area contributed by atoms with E-state index in [0.717, 1.165) is 16.6 Å². The van der Waals surface area contributed by atoms with Gasteiger partial charge in [-0.25, -0.2) is 4.98 Å². The Morgan fingerprint density at radius 2 is 2.20 bits per heavy atom. The number of amides is 1. The summed E-state index contributed by atoms with van der Waals surface area (Å²) in [5, 5.41) is 10.8. The van der Waals surface area contributed by atoms with Crippen LogP contribution in [0.2, 0.25) is 5.02 Å². The highest BCUT2D eigenvalue weighted by atomic mass is 35.5. The van der Waals surface area contributed by atoms with Gasteiger partial charge in [0, 0.05) is 11.1 Å². The van der Waals surface area contributed by atoms with Gasteiger partial charge in [0.25, 0.3) is 5.91 Å². The predicted molar refractivity (Wildman–Crippen MR) is 78.0 cm³/mol. The normalized spacial score (nSPS) is 10.7. The van der Waals surface area contributed by atoms with Gasteiger partial charge in [0.15, 0.2) is 0 Å². The van der Waals surface area contributed by atoms with Crippen molar-refractivity contribution in [1.29, 1.82) is 0 Å². The molecule has 0 spiro atoms. The van der Waals surface area contributed by atoms with Crippen LogP contribution in [0.15, 0.2) is 36.5 Å². The molecule has 0 bridgehead atoms. The van der Waals surface area contributed by atoms with Gasteiger partial charge < -0.3 is 5.32 Å². The van der Waals surface area contributed by atoms with Gasteiger partial charge in [-0.2, -0.15) is 5.10 Å². The largest absolute Gasteiger partial charge is 0.319 e. The zero-order valence-electron chi connectivity index (χ0n) is 10.6. The lowest BCUT2D eigenvalue weighted by Gasteiger charge is -2.07. The molecule has 0 aliphatic rings. The van der Waals surface area contributed by atoms with Crippen LogP contribution < -0.4 is 5.32 Å². The van der Waals surface area contributed by atoms with E-state index in [1.54, 1.807) is 30.5 Å². The molecule has 0 unspecified atom stereocenters. The molecule has 100 valence electrons. The molecule has 6 heteroatoms. The molecule has 0 aliphatic heterocycles. The number of aryl methyl sites for hydroxylation is 1. The second-order valence-corrected chi connectivity index (χ2v) is 4.81. The summed E-state index contributed by atoms with van der Waals surface area (Å²) >= 11 is 6.14. The van der Waals surface area contributed by atoms with Crippen molar-refractivity contribution >= 4 is 34.1 Å². The van der Waals surface area contributed by atoms with Gasteiger partial charge in [-0.1, -0.05) is 17.7 Å². The quantitative estimate of drug-likeness (QED) is 0.760. The van der Waals surface area contributed by atoms with Gasteiger partial charge in [-0.3, -0.25) is 9.89 Å². The highest BCUT2D eigenvalue weighted by molar-refractivity contribution is 6.34. The molecule has 0 saturated carbocycles. The zero-order valence-corrected chi connectivity index (χ0v) is 11.4. The topological polar surface area (TPSA) is 70.7 Å². The van der Waals surface area contributed by atoms with Crippen LogP contribution in [-0.4, -0.2) is 21.1 Å². The Morgan fingerprint density at radius 3 is 3.00 bits per heavy atom. The second kappa shape index (κ2) is 4.94. The maximum atomic E-state index is 12.1. The maximum Gasteiger partial charge on any atom is 0.274 e. The first-order chi connectivity index (χ1) is 9.63. The lowest BCUT2D eigenvalue weighted by molar-refractivity contribution is 0.102. The van der Waals surface area contributed by atoms with Crippen molar-refractivity contribution in [3.05, 3.63) is 52.9 Å². The third-order valence-electron chi connectivity index (χ3n) is 2.90. The minimum Gasteiger partial charge on any atom is -0.319 e. The Morgan fingerprint density at radius 1 is 1.35 bits per heavy atom. The fourth-order valence-electron chi connectivity index (χ4n) is 1.92. The monoisotopic (exact) mass is 286 g/mol. The Kier molecular flexibility index (Phi) is 3.12. The smallest absolute Gasteiger partial charge is 0.274 e. The van der Waals surface area contributed by atoms with Crippen LogP contribution in [0.25, 0.3) is 10.9 Å². The van der Waals surface area contributed by atoms with Crippen LogP contribution in [-0.2, 0) is 0 Å². The molecular weight excluding hydrogens is 276 g/mol. The van der Waals surface area contributed by atoms with E-state index in [1.165, 1.54) is 0 Å². The fourth-order valence-corrected chi connectivity index (χ4v) is 2.13. The number of carbonyl (C=O) groups is 1. The first kappa shape index (κ1) is 12.6. The number of benzene rings is 1. The van der Waals surface area contributed by atoms with Crippen LogP contribution in [0, 0.1) is 6.92 Å². The molecule has 0 atom stereocenters. The summed E-state index contributed by atoms with van der Waals surface area (Å²) in [6.07, 6.45) is 1.67. The lowest BCUT2D eigenvalue weighted by Crippen LogP contribution is -2.14. The number of aromatic amines is 1. The van der Waals surface area contributed by atoms with E-state index in [9.17, 15) is 4.79 Å². The summed E-state index contributed by atoms with van der Waals surface area (Å²) in [6, 6.07) is 8.78. The molecule has 2 N–H and O–H groups in total. The zero-order chi connectivity index (χ0) is 14.1. The summed E-state index contributed by atoms with van der Waals surface area (Å²) in [6.45, 7) is 1.83. The average molecular weight is 287 g/mol.